The number of Topliss-reactive ketones (excluding diaryl/α,β-unsaturated/α-hetero) is 1. The monoisotopic (exact) mass is 549 g/mol. The van der Waals surface area contributed by atoms with Gasteiger partial charge in [0.25, 0.3) is 0 Å². The fraction of sp³-hybridized carbons (Fsp3) is 0.581. The average Bonchev–Trinajstić information content (AvgIpc) is 3.43. The molecule has 39 heavy (non-hydrogen) atoms. The van der Waals surface area contributed by atoms with Gasteiger partial charge in [-0.25, -0.2) is 4.98 Å². The fourth-order valence-corrected chi connectivity index (χ4v) is 7.62. The number of para-hydroxylation sites is 2. The van der Waals surface area contributed by atoms with Crippen molar-refractivity contribution in [2.24, 2.45) is 23.2 Å². The van der Waals surface area contributed by atoms with E-state index in [2.05, 4.69) is 24.9 Å². The van der Waals surface area contributed by atoms with E-state index in [0.29, 0.717) is 50.2 Å². The molecule has 1 heterocycles. The Balaban J connectivity index is 1.46. The molecule has 1 fully saturated rings. The van der Waals surface area contributed by atoms with Crippen molar-refractivity contribution in [3.8, 4) is 6.07 Å². The smallest absolute Gasteiger partial charge is 0.174 e. The van der Waals surface area contributed by atoms with E-state index < -0.39 is 5.60 Å². The molecule has 8 heteroatoms. The van der Waals surface area contributed by atoms with Crippen LogP contribution in [0.25, 0.3) is 11.0 Å². The topological polar surface area (TPSA) is 113 Å². The first kappa shape index (κ1) is 29.2. The van der Waals surface area contributed by atoms with Gasteiger partial charge in [-0.2, -0.15) is 5.26 Å². The number of rotatable bonds is 12. The third-order valence-corrected chi connectivity index (χ3v) is 10.2. The number of imidazole rings is 1. The van der Waals surface area contributed by atoms with Crippen LogP contribution < -0.4 is 0 Å². The standard InChI is InChI=1S/C31H39N3O4S/c1-4-8-23-18-25(36)12-13-30(23,3)24(19-35)17-22-11-14-31(38,21(22)2)28(37)20-39-29-33-26-9-5-6-10-27(26)34(29)16-7-15-32/h5-6,9-10,18-19,21-22,24,38H,4,7-8,11-14,16-17,20H2,1-3H3/t21?,22?,24?,30?,31-/m1/s1. The second-order valence-corrected chi connectivity index (χ2v) is 12.4. The number of carbonyl (C=O) groups excluding carboxylic acids is 3. The van der Waals surface area contributed by atoms with Crippen LogP contribution in [-0.2, 0) is 20.9 Å². The van der Waals surface area contributed by atoms with Crippen LogP contribution in [0.5, 0.6) is 0 Å². The van der Waals surface area contributed by atoms with Gasteiger partial charge in [0, 0.05) is 18.9 Å². The fourth-order valence-electron chi connectivity index (χ4n) is 6.60. The first-order valence-corrected chi connectivity index (χ1v) is 15.1. The maximum Gasteiger partial charge on any atom is 0.174 e. The zero-order valence-electron chi connectivity index (χ0n) is 23.2. The van der Waals surface area contributed by atoms with E-state index in [0.717, 1.165) is 35.7 Å². The molecule has 5 atom stereocenters. The summed E-state index contributed by atoms with van der Waals surface area (Å²) in [5, 5.41) is 21.3. The van der Waals surface area contributed by atoms with Crippen LogP contribution in [0.3, 0.4) is 0 Å². The zero-order valence-corrected chi connectivity index (χ0v) is 24.0. The van der Waals surface area contributed by atoms with Crippen LogP contribution in [0, 0.1) is 34.5 Å². The van der Waals surface area contributed by atoms with Gasteiger partial charge >= 0.3 is 0 Å². The second-order valence-electron chi connectivity index (χ2n) is 11.4. The van der Waals surface area contributed by atoms with Gasteiger partial charge in [0.05, 0.1) is 29.3 Å². The van der Waals surface area contributed by atoms with Crippen molar-refractivity contribution in [3.63, 3.8) is 0 Å². The van der Waals surface area contributed by atoms with E-state index in [9.17, 15) is 19.5 Å². The summed E-state index contributed by atoms with van der Waals surface area (Å²) in [7, 11) is 0. The van der Waals surface area contributed by atoms with Crippen LogP contribution in [-0.4, -0.2) is 43.9 Å². The second kappa shape index (κ2) is 12.2. The Hall–Kier alpha value is -2.76. The van der Waals surface area contributed by atoms with E-state index in [1.54, 1.807) is 6.08 Å². The van der Waals surface area contributed by atoms with E-state index >= 15 is 0 Å². The van der Waals surface area contributed by atoms with Crippen LogP contribution >= 0.6 is 11.8 Å². The number of aryl methyl sites for hydroxylation is 1. The Morgan fingerprint density at radius 3 is 2.85 bits per heavy atom. The van der Waals surface area contributed by atoms with E-state index in [1.165, 1.54) is 11.8 Å². The largest absolute Gasteiger partial charge is 0.382 e. The number of aldehydes is 1. The van der Waals surface area contributed by atoms with E-state index in [4.69, 9.17) is 5.26 Å². The molecule has 0 aliphatic heterocycles. The molecule has 2 aliphatic rings. The van der Waals surface area contributed by atoms with Crippen molar-refractivity contribution in [2.75, 3.05) is 5.75 Å². The number of benzene rings is 1. The van der Waals surface area contributed by atoms with Crippen LogP contribution in [0.15, 0.2) is 41.1 Å². The molecule has 0 spiro atoms. The van der Waals surface area contributed by atoms with Gasteiger partial charge in [0.2, 0.25) is 0 Å². The SMILES string of the molecule is CCCC1=CC(=O)CCC1(C)C(C=O)CC1CC[C@](O)(C(=O)CSc2nc3ccccc3n2CCC#N)C1C. The molecule has 2 aromatic rings. The first-order chi connectivity index (χ1) is 18.7. The highest BCUT2D eigenvalue weighted by Gasteiger charge is 2.51. The third kappa shape index (κ3) is 5.76. The normalized spacial score (nSPS) is 27.8. The minimum atomic E-state index is -1.44. The van der Waals surface area contributed by atoms with Gasteiger partial charge < -0.3 is 14.5 Å². The maximum absolute atomic E-state index is 13.5. The van der Waals surface area contributed by atoms with Gasteiger partial charge in [-0.3, -0.25) is 9.59 Å². The lowest BCUT2D eigenvalue weighted by atomic mass is 9.62. The summed E-state index contributed by atoms with van der Waals surface area (Å²) in [4.78, 5) is 42.7. The van der Waals surface area contributed by atoms with Crippen molar-refractivity contribution in [1.82, 2.24) is 9.55 Å². The number of nitrogens with zero attached hydrogens (tertiary/aromatic N) is 3. The zero-order chi connectivity index (χ0) is 28.2. The Labute approximate surface area is 235 Å². The number of aromatic nitrogens is 2. The molecule has 1 aromatic carbocycles. The van der Waals surface area contributed by atoms with E-state index in [1.807, 2.05) is 35.8 Å². The number of carbonyl (C=O) groups is 3. The predicted octanol–water partition coefficient (Wildman–Crippen LogP) is 5.69. The molecule has 1 aromatic heterocycles. The number of ketones is 2. The molecule has 2 aliphatic carbocycles. The first-order valence-electron chi connectivity index (χ1n) is 14.1. The molecule has 0 bridgehead atoms. The maximum atomic E-state index is 13.5. The molecule has 0 radical (unpaired) electrons. The van der Waals surface area contributed by atoms with Crippen molar-refractivity contribution >= 4 is 40.6 Å². The predicted molar refractivity (Wildman–Crippen MR) is 152 cm³/mol. The summed E-state index contributed by atoms with van der Waals surface area (Å²) >= 11 is 1.30. The lowest BCUT2D eigenvalue weighted by Crippen LogP contribution is -2.44. The summed E-state index contributed by atoms with van der Waals surface area (Å²) < 4.78 is 1.97. The molecule has 1 saturated carbocycles. The minimum absolute atomic E-state index is 0.0386. The quantitative estimate of drug-likeness (QED) is 0.267. The van der Waals surface area contributed by atoms with Gasteiger partial charge in [-0.1, -0.05) is 56.7 Å². The van der Waals surface area contributed by atoms with Gasteiger partial charge in [0.15, 0.2) is 16.7 Å². The Morgan fingerprint density at radius 1 is 1.36 bits per heavy atom. The molecule has 4 unspecified atom stereocenters. The highest BCUT2D eigenvalue weighted by molar-refractivity contribution is 7.99. The Bertz CT molecular complexity index is 1310. The third-order valence-electron chi connectivity index (χ3n) is 9.26. The lowest BCUT2D eigenvalue weighted by molar-refractivity contribution is -0.138. The average molecular weight is 550 g/mol. The van der Waals surface area contributed by atoms with E-state index in [-0.39, 0.29) is 40.5 Å². The van der Waals surface area contributed by atoms with Gasteiger partial charge in [-0.15, -0.1) is 0 Å². The Morgan fingerprint density at radius 2 is 2.13 bits per heavy atom. The number of aliphatic hydroxyl groups is 1. The minimum Gasteiger partial charge on any atom is -0.382 e. The summed E-state index contributed by atoms with van der Waals surface area (Å²) in [6.07, 6.45) is 7.61. The van der Waals surface area contributed by atoms with Crippen molar-refractivity contribution in [3.05, 3.63) is 35.9 Å². The number of hydrogen-bond donors (Lipinski definition) is 1. The summed E-state index contributed by atoms with van der Waals surface area (Å²) in [6.45, 7) is 6.60. The molecule has 4 rings (SSSR count). The highest BCUT2D eigenvalue weighted by atomic mass is 32.2. The number of fused-ring (bicyclic) bond motifs is 1. The summed E-state index contributed by atoms with van der Waals surface area (Å²) in [5.41, 5.74) is 0.984. The molecule has 0 amide bonds. The molecule has 7 nitrogen and oxygen atoms in total. The number of allylic oxidation sites excluding steroid dienone is 2. The molecule has 1 N–H and O–H groups in total. The number of nitriles is 1. The van der Waals surface area contributed by atoms with Crippen molar-refractivity contribution in [1.29, 1.82) is 5.26 Å². The van der Waals surface area contributed by atoms with Crippen LogP contribution in [0.2, 0.25) is 0 Å². The van der Waals surface area contributed by atoms with Crippen LogP contribution in [0.1, 0.15) is 72.1 Å². The summed E-state index contributed by atoms with van der Waals surface area (Å²) in [5.74, 6) is -0.500. The molecular formula is C31H39N3O4S. The van der Waals surface area contributed by atoms with Crippen LogP contribution in [0.4, 0.5) is 0 Å². The molecule has 0 saturated heterocycles. The molecular weight excluding hydrogens is 510 g/mol. The number of thioether (sulfide) groups is 1. The summed E-state index contributed by atoms with van der Waals surface area (Å²) in [6, 6.07) is 9.87. The van der Waals surface area contributed by atoms with Gasteiger partial charge in [-0.05, 0) is 67.6 Å². The van der Waals surface area contributed by atoms with Gasteiger partial charge in [0.1, 0.15) is 11.9 Å². The lowest BCUT2D eigenvalue weighted by Gasteiger charge is -2.41. The number of hydrogen-bond acceptors (Lipinski definition) is 7. The van der Waals surface area contributed by atoms with Crippen molar-refractivity contribution in [2.45, 2.75) is 89.4 Å². The van der Waals surface area contributed by atoms with Crippen molar-refractivity contribution < 1.29 is 19.5 Å². The molecule has 208 valence electrons. The highest BCUT2D eigenvalue weighted by Crippen LogP contribution is 2.50. The Kier molecular flexibility index (Phi) is 9.13.